The normalized spacial score (nSPS) is 8.88. The molecule has 0 aromatic rings. The first kappa shape index (κ1) is 11.6. The van der Waals surface area contributed by atoms with E-state index in [1.165, 1.54) is 36.6 Å². The van der Waals surface area contributed by atoms with Gasteiger partial charge in [-0.3, -0.25) is 8.42 Å². The number of carbonyl (C=O) groups excluding carboxylic acids is 1. The van der Waals surface area contributed by atoms with E-state index in [-0.39, 0.29) is 0 Å². The zero-order valence-electron chi connectivity index (χ0n) is 3.36. The van der Waals surface area contributed by atoms with E-state index in [1.807, 2.05) is 0 Å². The molecule has 50 valence electrons. The standard InChI is InChI=1S/CHO.H2O4S.Tb/c1-2;1-5(2,3)4;/h1H;(H2,1,2,3,4);/q;;+2/p-2. The van der Waals surface area contributed by atoms with Gasteiger partial charge in [0.05, 0.1) is 0 Å². The fourth-order valence-electron chi connectivity index (χ4n) is 0. The van der Waals surface area contributed by atoms with E-state index >= 15 is 0 Å². The fraction of sp³-hybridized carbons (Fsp3) is 0. The molecule has 0 saturated carbocycles. The summed E-state index contributed by atoms with van der Waals surface area (Å²) in [7, 11) is -5.17. The zero-order valence-corrected chi connectivity index (χ0v) is 6.32. The van der Waals surface area contributed by atoms with Crippen molar-refractivity contribution in [2.45, 2.75) is 0 Å². The van der Waals surface area contributed by atoms with Crippen LogP contribution in [0.5, 0.6) is 0 Å². The Bertz CT molecular complexity index is 127. The van der Waals surface area contributed by atoms with Crippen LogP contribution in [-0.2, 0) is 15.2 Å². The molecule has 0 spiro atoms. The third kappa shape index (κ3) is 340. The molecule has 0 heterocycles. The van der Waals surface area contributed by atoms with Gasteiger partial charge in [-0.05, 0) is 0 Å². The monoisotopic (exact) mass is 284 g/mol. The predicted octanol–water partition coefficient (Wildman–Crippen LogP) is -1.61. The van der Waals surface area contributed by atoms with Gasteiger partial charge in [-0.15, -0.1) is 0 Å². The van der Waals surface area contributed by atoms with Crippen molar-refractivity contribution < 1.29 is 58.9 Å². The van der Waals surface area contributed by atoms with Crippen molar-refractivity contribution in [3.05, 3.63) is 0 Å². The molecular formula is CHO5STb. The molecule has 0 aromatic heterocycles. The van der Waals surface area contributed by atoms with Gasteiger partial charge < -0.3 is 9.11 Å². The van der Waals surface area contributed by atoms with Gasteiger partial charge in [0.25, 0.3) is 0 Å². The topological polar surface area (TPSA) is 97.3 Å². The fourth-order valence-corrected chi connectivity index (χ4v) is 0. The first-order chi connectivity index (χ1) is 3.41. The molecule has 0 aliphatic carbocycles. The van der Waals surface area contributed by atoms with E-state index in [9.17, 15) is 0 Å². The molecule has 0 N–H and O–H groups in total. The van der Waals surface area contributed by atoms with Crippen LogP contribution in [0.1, 0.15) is 0 Å². The molecule has 0 amide bonds. The van der Waals surface area contributed by atoms with E-state index in [4.69, 9.17) is 22.3 Å². The van der Waals surface area contributed by atoms with Crippen LogP contribution < -0.4 is 0 Å². The van der Waals surface area contributed by atoms with Gasteiger partial charge in [0.2, 0.25) is 0 Å². The Kier molecular flexibility index (Phi) is 8.63. The van der Waals surface area contributed by atoms with E-state index in [1.54, 1.807) is 0 Å². The SMILES string of the molecule is O=S(=O)([O-])[O-].O=[CH][Tb+2]. The van der Waals surface area contributed by atoms with Crippen LogP contribution in [-0.4, -0.2) is 19.8 Å². The van der Waals surface area contributed by atoms with Crippen LogP contribution in [0, 0.1) is 36.6 Å². The second kappa shape index (κ2) is 5.95. The summed E-state index contributed by atoms with van der Waals surface area (Å²) >= 11 is 1.44. The third-order valence-electron chi connectivity index (χ3n) is 0. The van der Waals surface area contributed by atoms with Crippen LogP contribution in [0.4, 0.5) is 0 Å². The zero-order chi connectivity index (χ0) is 7.21. The molecule has 8 heavy (non-hydrogen) atoms. The van der Waals surface area contributed by atoms with E-state index in [0.717, 1.165) is 2.26 Å². The molecule has 0 radical (unpaired) electrons. The Balaban J connectivity index is 0. The molecule has 0 saturated heterocycles. The quantitative estimate of drug-likeness (QED) is 0.303. The van der Waals surface area contributed by atoms with Crippen LogP contribution in [0.15, 0.2) is 0 Å². The maximum atomic E-state index is 8.81. The molecule has 0 bridgehead atoms. The summed E-state index contributed by atoms with van der Waals surface area (Å²) < 4.78 is 34.8. The Hall–Kier alpha value is 0.826. The van der Waals surface area contributed by atoms with Crippen LogP contribution >= 0.6 is 0 Å². The van der Waals surface area contributed by atoms with E-state index in [2.05, 4.69) is 0 Å². The van der Waals surface area contributed by atoms with Crippen molar-refractivity contribution in [2.75, 3.05) is 0 Å². The molecule has 0 fully saturated rings. The van der Waals surface area contributed by atoms with Gasteiger partial charge in [0.15, 0.2) is 0 Å². The number of rotatable bonds is 0. The first-order valence-electron chi connectivity index (χ1n) is 1.09. The Morgan fingerprint density at radius 1 is 1.38 bits per heavy atom. The number of carbonyl (C=O) groups is 1. The Morgan fingerprint density at radius 3 is 1.38 bits per heavy atom. The summed E-state index contributed by atoms with van der Waals surface area (Å²) in [5.41, 5.74) is 0. The van der Waals surface area contributed by atoms with Gasteiger partial charge >= 0.3 is 43.7 Å². The van der Waals surface area contributed by atoms with Gasteiger partial charge in [-0.1, -0.05) is 0 Å². The summed E-state index contributed by atoms with van der Waals surface area (Å²) in [5.74, 6) is 0. The summed E-state index contributed by atoms with van der Waals surface area (Å²) in [4.78, 5) is 8.81. The molecule has 0 aromatic carbocycles. The molecule has 0 rings (SSSR count). The van der Waals surface area contributed by atoms with Crippen molar-refractivity contribution in [3.8, 4) is 0 Å². The van der Waals surface area contributed by atoms with Gasteiger partial charge in [-0.25, -0.2) is 0 Å². The third-order valence-corrected chi connectivity index (χ3v) is 0. The molecule has 0 unspecified atom stereocenters. The summed E-state index contributed by atoms with van der Waals surface area (Å²) in [6, 6.07) is 0. The summed E-state index contributed by atoms with van der Waals surface area (Å²) in [6.45, 7) is 0. The summed E-state index contributed by atoms with van der Waals surface area (Å²) in [5, 5.41) is 0. The predicted molar refractivity (Wildman–Crippen MR) is 17.2 cm³/mol. The van der Waals surface area contributed by atoms with E-state index in [0.29, 0.717) is 0 Å². The molecule has 7 heteroatoms. The van der Waals surface area contributed by atoms with Crippen molar-refractivity contribution in [1.29, 1.82) is 0 Å². The first-order valence-corrected chi connectivity index (χ1v) is 3.66. The van der Waals surface area contributed by atoms with Crippen LogP contribution in [0.25, 0.3) is 0 Å². The van der Waals surface area contributed by atoms with Crippen molar-refractivity contribution >= 4 is 12.7 Å². The Morgan fingerprint density at radius 2 is 1.38 bits per heavy atom. The molecule has 0 aliphatic heterocycles. The minimum atomic E-state index is -5.17. The van der Waals surface area contributed by atoms with E-state index < -0.39 is 10.4 Å². The molecule has 5 nitrogen and oxygen atoms in total. The van der Waals surface area contributed by atoms with Gasteiger partial charge in [0.1, 0.15) is 0 Å². The maximum absolute atomic E-state index is 8.81. The number of hydrogen-bond acceptors (Lipinski definition) is 5. The minimum absolute atomic E-state index is 0.750. The molecule has 0 atom stereocenters. The Labute approximate surface area is 71.0 Å². The van der Waals surface area contributed by atoms with Crippen LogP contribution in [0.2, 0.25) is 0 Å². The van der Waals surface area contributed by atoms with Gasteiger partial charge in [0, 0.05) is 10.4 Å². The molecular weight excluding hydrogens is 283 g/mol. The summed E-state index contributed by atoms with van der Waals surface area (Å²) in [6.07, 6.45) is 0. The van der Waals surface area contributed by atoms with Gasteiger partial charge in [-0.2, -0.15) is 0 Å². The van der Waals surface area contributed by atoms with Crippen molar-refractivity contribution in [3.63, 3.8) is 0 Å². The number of hydrogen-bond donors (Lipinski definition) is 0. The van der Waals surface area contributed by atoms with Crippen molar-refractivity contribution in [1.82, 2.24) is 0 Å². The average molecular weight is 284 g/mol. The van der Waals surface area contributed by atoms with Crippen molar-refractivity contribution in [2.24, 2.45) is 0 Å². The van der Waals surface area contributed by atoms with Crippen LogP contribution in [0.3, 0.4) is 0 Å². The second-order valence-corrected chi connectivity index (χ2v) is 1.81. The average Bonchev–Trinajstić information content (AvgIpc) is 1.27. The molecule has 0 aliphatic rings. The second-order valence-electron chi connectivity index (χ2n) is 0.487.